The van der Waals surface area contributed by atoms with Crippen molar-refractivity contribution in [2.75, 3.05) is 7.05 Å². The van der Waals surface area contributed by atoms with Crippen molar-refractivity contribution < 1.29 is 0 Å². The highest BCUT2D eigenvalue weighted by atomic mass is 32.1. The Morgan fingerprint density at radius 1 is 1.46 bits per heavy atom. The molecule has 0 aliphatic rings. The lowest BCUT2D eigenvalue weighted by Crippen LogP contribution is -2.20. The fraction of sp³-hybridized carbons (Fsp3) is 0.636. The molecular formula is C11H19NS. The van der Waals surface area contributed by atoms with Crippen LogP contribution >= 0.6 is 11.3 Å². The van der Waals surface area contributed by atoms with Crippen LogP contribution in [0.15, 0.2) is 16.8 Å². The van der Waals surface area contributed by atoms with E-state index < -0.39 is 0 Å². The third kappa shape index (κ3) is 4.44. The van der Waals surface area contributed by atoms with Crippen LogP contribution in [0.5, 0.6) is 0 Å². The van der Waals surface area contributed by atoms with Gasteiger partial charge in [-0.25, -0.2) is 0 Å². The Balaban J connectivity index is 2.02. The van der Waals surface area contributed by atoms with Crippen molar-refractivity contribution in [2.24, 2.45) is 0 Å². The van der Waals surface area contributed by atoms with Gasteiger partial charge in [0.05, 0.1) is 0 Å². The largest absolute Gasteiger partial charge is 0.317 e. The number of rotatable bonds is 6. The minimum absolute atomic E-state index is 0.669. The van der Waals surface area contributed by atoms with E-state index in [0.717, 1.165) is 0 Å². The summed E-state index contributed by atoms with van der Waals surface area (Å²) in [5.74, 6) is 0. The van der Waals surface area contributed by atoms with Gasteiger partial charge < -0.3 is 5.32 Å². The van der Waals surface area contributed by atoms with E-state index in [4.69, 9.17) is 0 Å². The second-order valence-corrected chi connectivity index (χ2v) is 4.35. The van der Waals surface area contributed by atoms with E-state index in [0.29, 0.717) is 6.04 Å². The molecule has 0 aliphatic heterocycles. The van der Waals surface area contributed by atoms with Gasteiger partial charge in [-0.05, 0) is 55.6 Å². The first-order valence-electron chi connectivity index (χ1n) is 5.01. The Bertz CT molecular complexity index is 206. The number of unbranched alkanes of at least 4 members (excludes halogenated alkanes) is 1. The Morgan fingerprint density at radius 3 is 2.92 bits per heavy atom. The van der Waals surface area contributed by atoms with Gasteiger partial charge in [-0.2, -0.15) is 11.3 Å². The molecule has 1 rings (SSSR count). The van der Waals surface area contributed by atoms with Crippen molar-refractivity contribution in [2.45, 2.75) is 38.6 Å². The van der Waals surface area contributed by atoms with E-state index in [1.165, 1.54) is 31.2 Å². The van der Waals surface area contributed by atoms with Crippen molar-refractivity contribution in [3.63, 3.8) is 0 Å². The molecular weight excluding hydrogens is 178 g/mol. The summed E-state index contributed by atoms with van der Waals surface area (Å²) in [5, 5.41) is 7.67. The Morgan fingerprint density at radius 2 is 2.31 bits per heavy atom. The number of nitrogens with one attached hydrogen (secondary N) is 1. The summed E-state index contributed by atoms with van der Waals surface area (Å²) < 4.78 is 0. The van der Waals surface area contributed by atoms with Gasteiger partial charge in [0.1, 0.15) is 0 Å². The molecule has 0 aliphatic carbocycles. The zero-order valence-corrected chi connectivity index (χ0v) is 9.36. The SMILES string of the molecule is CNC(C)CCCCc1ccsc1. The summed E-state index contributed by atoms with van der Waals surface area (Å²) in [6, 6.07) is 2.90. The highest BCUT2D eigenvalue weighted by Gasteiger charge is 1.98. The van der Waals surface area contributed by atoms with Crippen molar-refractivity contribution in [1.82, 2.24) is 5.32 Å². The van der Waals surface area contributed by atoms with Crippen LogP contribution in [0.2, 0.25) is 0 Å². The number of hydrogen-bond donors (Lipinski definition) is 1. The summed E-state index contributed by atoms with van der Waals surface area (Å²) in [6.07, 6.45) is 5.20. The molecule has 13 heavy (non-hydrogen) atoms. The maximum atomic E-state index is 3.26. The quantitative estimate of drug-likeness (QED) is 0.691. The molecule has 0 spiro atoms. The molecule has 0 saturated carbocycles. The fourth-order valence-electron chi connectivity index (χ4n) is 1.36. The topological polar surface area (TPSA) is 12.0 Å². The van der Waals surface area contributed by atoms with Crippen molar-refractivity contribution >= 4 is 11.3 Å². The monoisotopic (exact) mass is 197 g/mol. The molecule has 0 saturated heterocycles. The third-order valence-corrected chi connectivity index (χ3v) is 3.16. The predicted octanol–water partition coefficient (Wildman–Crippen LogP) is 3.07. The predicted molar refractivity (Wildman–Crippen MR) is 60.4 cm³/mol. The minimum atomic E-state index is 0.669. The Labute approximate surface area is 85.2 Å². The van der Waals surface area contributed by atoms with Gasteiger partial charge in [0.25, 0.3) is 0 Å². The molecule has 0 bridgehead atoms. The summed E-state index contributed by atoms with van der Waals surface area (Å²) in [4.78, 5) is 0. The van der Waals surface area contributed by atoms with Gasteiger partial charge in [-0.1, -0.05) is 6.42 Å². The van der Waals surface area contributed by atoms with E-state index in [2.05, 4.69) is 29.1 Å². The molecule has 74 valence electrons. The lowest BCUT2D eigenvalue weighted by molar-refractivity contribution is 0.528. The molecule has 0 radical (unpaired) electrons. The molecule has 1 unspecified atom stereocenters. The van der Waals surface area contributed by atoms with Gasteiger partial charge in [-0.15, -0.1) is 0 Å². The highest BCUT2D eigenvalue weighted by molar-refractivity contribution is 7.07. The van der Waals surface area contributed by atoms with E-state index >= 15 is 0 Å². The average Bonchev–Trinajstić information content (AvgIpc) is 2.64. The smallest absolute Gasteiger partial charge is 0.00357 e. The zero-order chi connectivity index (χ0) is 9.52. The van der Waals surface area contributed by atoms with Crippen molar-refractivity contribution in [1.29, 1.82) is 0 Å². The molecule has 1 heterocycles. The summed E-state index contributed by atoms with van der Waals surface area (Å²) >= 11 is 1.80. The van der Waals surface area contributed by atoms with Crippen LogP contribution in [-0.2, 0) is 6.42 Å². The van der Waals surface area contributed by atoms with Gasteiger partial charge in [0.2, 0.25) is 0 Å². The van der Waals surface area contributed by atoms with Crippen LogP contribution in [0.4, 0.5) is 0 Å². The van der Waals surface area contributed by atoms with Crippen LogP contribution in [0.3, 0.4) is 0 Å². The number of thiophene rings is 1. The minimum Gasteiger partial charge on any atom is -0.317 e. The Kier molecular flexibility index (Phi) is 5.09. The van der Waals surface area contributed by atoms with Gasteiger partial charge >= 0.3 is 0 Å². The molecule has 1 aromatic heterocycles. The van der Waals surface area contributed by atoms with Crippen LogP contribution < -0.4 is 5.32 Å². The molecule has 2 heteroatoms. The Hall–Kier alpha value is -0.340. The van der Waals surface area contributed by atoms with E-state index in [9.17, 15) is 0 Å². The maximum Gasteiger partial charge on any atom is 0.00357 e. The van der Waals surface area contributed by atoms with Crippen LogP contribution in [-0.4, -0.2) is 13.1 Å². The molecule has 1 nitrogen and oxygen atoms in total. The molecule has 0 aromatic carbocycles. The van der Waals surface area contributed by atoms with E-state index in [1.54, 1.807) is 11.3 Å². The number of hydrogen-bond acceptors (Lipinski definition) is 2. The first-order chi connectivity index (χ1) is 6.33. The van der Waals surface area contributed by atoms with Gasteiger partial charge in [0.15, 0.2) is 0 Å². The molecule has 1 N–H and O–H groups in total. The van der Waals surface area contributed by atoms with Crippen LogP contribution in [0.25, 0.3) is 0 Å². The fourth-order valence-corrected chi connectivity index (χ4v) is 2.06. The van der Waals surface area contributed by atoms with Crippen LogP contribution in [0, 0.1) is 0 Å². The number of aryl methyl sites for hydroxylation is 1. The zero-order valence-electron chi connectivity index (χ0n) is 8.55. The summed E-state index contributed by atoms with van der Waals surface area (Å²) in [6.45, 7) is 2.24. The summed E-state index contributed by atoms with van der Waals surface area (Å²) in [5.41, 5.74) is 1.50. The van der Waals surface area contributed by atoms with Gasteiger partial charge in [-0.3, -0.25) is 0 Å². The lowest BCUT2D eigenvalue weighted by Gasteiger charge is -2.08. The molecule has 1 atom stereocenters. The second-order valence-electron chi connectivity index (χ2n) is 3.57. The van der Waals surface area contributed by atoms with E-state index in [1.807, 2.05) is 7.05 Å². The van der Waals surface area contributed by atoms with Crippen molar-refractivity contribution in [3.8, 4) is 0 Å². The first kappa shape index (κ1) is 10.7. The molecule has 0 fully saturated rings. The van der Waals surface area contributed by atoms with Crippen molar-refractivity contribution in [3.05, 3.63) is 22.4 Å². The van der Waals surface area contributed by atoms with E-state index in [-0.39, 0.29) is 0 Å². The first-order valence-corrected chi connectivity index (χ1v) is 5.95. The molecule has 1 aromatic rings. The average molecular weight is 197 g/mol. The third-order valence-electron chi connectivity index (χ3n) is 2.43. The van der Waals surface area contributed by atoms with Crippen LogP contribution in [0.1, 0.15) is 31.7 Å². The van der Waals surface area contributed by atoms with Gasteiger partial charge in [0, 0.05) is 6.04 Å². The maximum absolute atomic E-state index is 3.26. The molecule has 0 amide bonds. The lowest BCUT2D eigenvalue weighted by atomic mass is 10.1. The standard InChI is InChI=1S/C11H19NS/c1-10(12-2)5-3-4-6-11-7-8-13-9-11/h7-10,12H,3-6H2,1-2H3. The normalized spacial score (nSPS) is 13.1. The summed E-state index contributed by atoms with van der Waals surface area (Å²) in [7, 11) is 2.03. The second kappa shape index (κ2) is 6.17. The highest BCUT2D eigenvalue weighted by Crippen LogP contribution is 2.11.